The van der Waals surface area contributed by atoms with Gasteiger partial charge in [-0.25, -0.2) is 0 Å². The lowest BCUT2D eigenvalue weighted by molar-refractivity contribution is 5.95. The fourth-order valence-electron chi connectivity index (χ4n) is 0. The van der Waals surface area contributed by atoms with Crippen LogP contribution in [0.3, 0.4) is 0 Å². The zero-order chi connectivity index (χ0) is 5.15. The molecule has 0 fully saturated rings. The fourth-order valence-corrected chi connectivity index (χ4v) is 0. The van der Waals surface area contributed by atoms with E-state index in [0.29, 0.717) is 0 Å². The lowest BCUT2D eigenvalue weighted by atomic mass is 30.7. The average molecular weight is 192 g/mol. The van der Waals surface area contributed by atoms with Crippen LogP contribution < -0.4 is 0 Å². The van der Waals surface area contributed by atoms with Gasteiger partial charge in [0.05, 0.1) is 0 Å². The van der Waals surface area contributed by atoms with E-state index in [-0.39, 0.29) is 0 Å². The Balaban J connectivity index is 5.99. The Labute approximate surface area is 57.4 Å². The van der Waals surface area contributed by atoms with E-state index in [4.69, 9.17) is 0 Å². The summed E-state index contributed by atoms with van der Waals surface area (Å²) in [6.07, 6.45) is 0. The lowest BCUT2D eigenvalue weighted by Crippen LogP contribution is -1.42. The van der Waals surface area contributed by atoms with Gasteiger partial charge in [-0.05, 0) is 0 Å². The highest BCUT2D eigenvalue weighted by Crippen LogP contribution is 1.41. The van der Waals surface area contributed by atoms with Crippen LogP contribution in [0.15, 0.2) is 0 Å². The molecule has 0 heterocycles. The third-order valence-corrected chi connectivity index (χ3v) is 9.00. The number of hydrogen-bond acceptors (Lipinski definition) is 4. The van der Waals surface area contributed by atoms with Crippen LogP contribution in [0.5, 0.6) is 0 Å². The van der Waals surface area contributed by atoms with E-state index in [1.165, 1.54) is 0 Å². The molecule has 36 valence electrons. The van der Waals surface area contributed by atoms with E-state index >= 15 is 0 Å². The summed E-state index contributed by atoms with van der Waals surface area (Å²) in [5.74, 6) is 0. The summed E-state index contributed by atoms with van der Waals surface area (Å²) in [4.78, 5) is 0. The van der Waals surface area contributed by atoms with Crippen LogP contribution in [0.1, 0.15) is 0 Å². The Bertz CT molecular complexity index is 186. The van der Waals surface area contributed by atoms with Crippen LogP contribution in [0.2, 0.25) is 0 Å². The summed E-state index contributed by atoms with van der Waals surface area (Å²) in [5, 5.41) is 0. The quantitative estimate of drug-likeness (QED) is 0.529. The molecule has 0 radical (unpaired) electrons. The monoisotopic (exact) mass is 192 g/mol. The molecule has 0 aliphatic heterocycles. The van der Waals surface area contributed by atoms with Crippen molar-refractivity contribution in [1.82, 2.24) is 0 Å². The summed E-state index contributed by atoms with van der Waals surface area (Å²) in [7, 11) is 0. The second-order valence-corrected chi connectivity index (χ2v) is 11.0. The summed E-state index contributed by atoms with van der Waals surface area (Å²) < 4.78 is 0. The zero-order valence-electron chi connectivity index (χ0n) is 2.45. The van der Waals surface area contributed by atoms with Crippen molar-refractivity contribution in [3.05, 3.63) is 0 Å². The molecular formula is S6. The highest BCUT2D eigenvalue weighted by atomic mass is 33.5. The molecule has 0 bridgehead atoms. The fraction of sp³-hybridized carbons (Fsp3) is 0. The van der Waals surface area contributed by atoms with Crippen molar-refractivity contribution in [1.29, 1.82) is 0 Å². The van der Waals surface area contributed by atoms with Gasteiger partial charge in [-0.2, -0.15) is 0 Å². The van der Waals surface area contributed by atoms with Gasteiger partial charge in [0.25, 0.3) is 0 Å². The maximum atomic E-state index is 4.55. The molecule has 0 saturated heterocycles. The van der Waals surface area contributed by atoms with Crippen molar-refractivity contribution in [3.8, 4) is 0 Å². The van der Waals surface area contributed by atoms with Gasteiger partial charge in [-0.1, -0.05) is 0 Å². The number of rotatable bonds is 0. The maximum absolute atomic E-state index is 4.55. The van der Waals surface area contributed by atoms with Gasteiger partial charge in [0.1, 0.15) is 0 Å². The van der Waals surface area contributed by atoms with E-state index in [2.05, 4.69) is 44.8 Å². The zero-order valence-corrected chi connectivity index (χ0v) is 7.35. The second kappa shape index (κ2) is 3.34. The van der Waals surface area contributed by atoms with Crippen molar-refractivity contribution in [3.63, 3.8) is 0 Å². The molecule has 0 spiro atoms. The van der Waals surface area contributed by atoms with Crippen molar-refractivity contribution in [2.45, 2.75) is 0 Å². The van der Waals surface area contributed by atoms with Crippen molar-refractivity contribution >= 4 is 57.9 Å². The van der Waals surface area contributed by atoms with Crippen LogP contribution in [0, 0.1) is 0 Å². The normalized spacial score (nSPS) is 7.33. The van der Waals surface area contributed by atoms with Gasteiger partial charge in [0.2, 0.25) is 0 Å². The molecule has 0 amide bonds. The van der Waals surface area contributed by atoms with Crippen molar-refractivity contribution in [2.24, 2.45) is 0 Å². The van der Waals surface area contributed by atoms with Crippen molar-refractivity contribution < 1.29 is 0 Å². The first kappa shape index (κ1) is 7.32. The summed E-state index contributed by atoms with van der Waals surface area (Å²) in [6, 6.07) is 0. The largest absolute Gasteiger partial charge is 0 e. The molecule has 6 heavy (non-hydrogen) atoms. The first-order chi connectivity index (χ1) is 2.64. The molecule has 0 unspecified atom stereocenters. The Morgan fingerprint density at radius 1 is 0.667 bits per heavy atom. The van der Waals surface area contributed by atoms with Gasteiger partial charge < -0.3 is 0 Å². The van der Waals surface area contributed by atoms with Crippen LogP contribution in [-0.4, -0.2) is 0 Å². The smallest absolute Gasteiger partial charge is 0 e. The Hall–Kier alpha value is 1.32. The maximum Gasteiger partial charge on any atom is 0 e. The lowest BCUT2D eigenvalue weighted by Gasteiger charge is -1.41. The van der Waals surface area contributed by atoms with Gasteiger partial charge >= 0.3 is 0 Å². The number of hydrogen-bond donors (Lipinski definition) is 0. The Morgan fingerprint density at radius 3 is 0.833 bits per heavy atom. The van der Waals surface area contributed by atoms with E-state index in [1.54, 1.807) is 0 Å². The molecule has 0 aromatic heterocycles. The predicted molar refractivity (Wildman–Crippen MR) is 44.2 cm³/mol. The summed E-state index contributed by atoms with van der Waals surface area (Å²) in [6.45, 7) is -1.09. The highest BCUT2D eigenvalue weighted by Gasteiger charge is 1.42. The highest BCUT2D eigenvalue weighted by molar-refractivity contribution is 8.78. The van der Waals surface area contributed by atoms with Crippen LogP contribution in [0.25, 0.3) is 0 Å². The molecule has 0 rings (SSSR count). The summed E-state index contributed by atoms with van der Waals surface area (Å²) >= 11 is 18.2. The molecule has 0 aromatic carbocycles. The molecule has 0 N–H and O–H groups in total. The minimum absolute atomic E-state index is 0.543. The SMILES string of the molecule is S=S(=S)=S(=S)=S. The van der Waals surface area contributed by atoms with E-state index in [0.717, 1.165) is 0 Å². The molecule has 0 aliphatic carbocycles. The molecule has 6 heteroatoms. The Kier molecular flexibility index (Phi) is 4.07. The molecule has 0 aromatic rings. The van der Waals surface area contributed by atoms with Gasteiger partial charge in [-0.3, -0.25) is 0 Å². The van der Waals surface area contributed by atoms with Crippen LogP contribution in [-0.2, 0) is 57.9 Å². The van der Waals surface area contributed by atoms with E-state index in [1.807, 2.05) is 0 Å². The molecule has 0 saturated carbocycles. The van der Waals surface area contributed by atoms with Gasteiger partial charge in [0.15, 0.2) is 0 Å². The van der Waals surface area contributed by atoms with Crippen molar-refractivity contribution in [2.75, 3.05) is 0 Å². The first-order valence-electron chi connectivity index (χ1n) is 0.833. The third kappa shape index (κ3) is 3.51. The minimum Gasteiger partial charge on any atom is 0 e. The Morgan fingerprint density at radius 2 is 0.833 bits per heavy atom. The topological polar surface area (TPSA) is 0 Å². The molecule has 0 nitrogen and oxygen atoms in total. The average Bonchev–Trinajstić information content (AvgIpc) is 1.36. The molecule has 0 aliphatic rings. The van der Waals surface area contributed by atoms with Crippen LogP contribution >= 0.6 is 0 Å². The molecule has 0 atom stereocenters. The van der Waals surface area contributed by atoms with Gasteiger partial charge in [0, 0.05) is 57.9 Å². The standard InChI is InChI=1S/S6/c1-5(2)6(3)4. The molecular weight excluding hydrogens is 192 g/mol. The minimum atomic E-state index is -0.543. The third-order valence-electron chi connectivity index (χ3n) is 0.111. The van der Waals surface area contributed by atoms with E-state index < -0.39 is 13.1 Å². The van der Waals surface area contributed by atoms with Crippen LogP contribution in [0.4, 0.5) is 0 Å². The summed E-state index contributed by atoms with van der Waals surface area (Å²) in [5.41, 5.74) is 0. The van der Waals surface area contributed by atoms with Gasteiger partial charge in [-0.15, -0.1) is 0 Å². The predicted octanol–water partition coefficient (Wildman–Crippen LogP) is -0.0144. The second-order valence-electron chi connectivity index (χ2n) is 0.408. The first-order valence-corrected chi connectivity index (χ1v) is 7.50. The van der Waals surface area contributed by atoms with E-state index in [9.17, 15) is 0 Å².